The Kier molecular flexibility index (Phi) is 14.9. The van der Waals surface area contributed by atoms with Crippen molar-refractivity contribution in [1.29, 1.82) is 0 Å². The number of Topliss-reactive ketones (excluding diaryl/α,β-unsaturated/α-hetero) is 1. The molecule has 13 heteroatoms. The molecule has 0 aliphatic heterocycles. The number of fused-ring (bicyclic) bond motifs is 1. The second kappa shape index (κ2) is 19.5. The number of benzene rings is 3. The molecule has 0 radical (unpaired) electrons. The van der Waals surface area contributed by atoms with E-state index in [9.17, 15) is 13.2 Å². The van der Waals surface area contributed by atoms with Crippen molar-refractivity contribution in [2.75, 3.05) is 71.0 Å². The van der Waals surface area contributed by atoms with Gasteiger partial charge >= 0.3 is 0 Å². The zero-order valence-corrected chi connectivity index (χ0v) is 28.9. The summed E-state index contributed by atoms with van der Waals surface area (Å²) in [6.07, 6.45) is 7.95. The highest BCUT2D eigenvalue weighted by atomic mass is 32.2. The van der Waals surface area contributed by atoms with Crippen LogP contribution in [0.25, 0.3) is 22.2 Å². The average Bonchev–Trinajstić information content (AvgIpc) is 3.11. The van der Waals surface area contributed by atoms with E-state index in [2.05, 4.69) is 26.3 Å². The molecule has 1 aromatic heterocycles. The molecule has 1 heterocycles. The summed E-state index contributed by atoms with van der Waals surface area (Å²) in [4.78, 5) is 14.7. The van der Waals surface area contributed by atoms with E-state index in [1.54, 1.807) is 36.4 Å². The lowest BCUT2D eigenvalue weighted by Gasteiger charge is -2.17. The number of nitrogens with zero attached hydrogens (tertiary/aromatic N) is 5. The molecule has 260 valence electrons. The average molecular weight is 690 g/mol. The van der Waals surface area contributed by atoms with Crippen molar-refractivity contribution in [3.63, 3.8) is 0 Å². The normalized spacial score (nSPS) is 11.4. The number of ketones is 1. The molecule has 0 aliphatic rings. The van der Waals surface area contributed by atoms with Crippen molar-refractivity contribution < 1.29 is 32.2 Å². The lowest BCUT2D eigenvalue weighted by molar-refractivity contribution is 0.0135. The predicted octanol–water partition coefficient (Wildman–Crippen LogP) is 4.82. The number of sulfone groups is 1. The van der Waals surface area contributed by atoms with Gasteiger partial charge in [-0.05, 0) is 62.1 Å². The van der Waals surface area contributed by atoms with Crippen LogP contribution in [-0.2, 0) is 24.0 Å². The fraction of sp³-hybridized carbons (Fsp3) is 0.417. The molecule has 0 saturated heterocycles. The van der Waals surface area contributed by atoms with Crippen LogP contribution in [-0.4, -0.2) is 101 Å². The van der Waals surface area contributed by atoms with E-state index >= 15 is 0 Å². The fourth-order valence-electron chi connectivity index (χ4n) is 4.96. The van der Waals surface area contributed by atoms with Crippen LogP contribution in [0.4, 0.5) is 5.69 Å². The largest absolute Gasteiger partial charge is 0.481 e. The number of unbranched alkanes of at least 4 members (excludes halogenated alkanes) is 2. The van der Waals surface area contributed by atoms with Crippen molar-refractivity contribution in [3.05, 3.63) is 66.5 Å². The number of carbonyl (C=O) groups is 1. The first-order chi connectivity index (χ1) is 23.8. The van der Waals surface area contributed by atoms with Crippen LogP contribution in [0, 0.1) is 12.3 Å². The molecule has 0 spiro atoms. The summed E-state index contributed by atoms with van der Waals surface area (Å²) in [5.41, 5.74) is 1.68. The van der Waals surface area contributed by atoms with Crippen LogP contribution in [0.5, 0.6) is 5.75 Å². The summed E-state index contributed by atoms with van der Waals surface area (Å²) in [6, 6.07) is 18.2. The Balaban J connectivity index is 0.993. The number of aromatic nitrogens is 4. The highest BCUT2D eigenvalue weighted by molar-refractivity contribution is 7.91. The third kappa shape index (κ3) is 11.6. The Morgan fingerprint density at radius 3 is 2.02 bits per heavy atom. The molecular formula is C36H43N5O7S. The standard InChI is InChI=1S/C36H43N5O7S/c1-4-20-48-29-18-16-28(17-19-29)35-37-39-36(40-38-35)33(42)14-5-6-21-45-23-25-47-26-24-46-22-7-8-27-49(43,44)34-15-10-11-30-31(34)12-9-13-32(30)41(2)3/h1,9-13,15-19H,5-8,14,20-27H2,2-3H3. The minimum atomic E-state index is -3.42. The molecule has 0 bridgehead atoms. The third-order valence-corrected chi connectivity index (χ3v) is 9.33. The zero-order valence-electron chi connectivity index (χ0n) is 28.0. The summed E-state index contributed by atoms with van der Waals surface area (Å²) in [5.74, 6) is 3.17. The summed E-state index contributed by atoms with van der Waals surface area (Å²) >= 11 is 0. The van der Waals surface area contributed by atoms with Gasteiger partial charge in [-0.3, -0.25) is 4.79 Å². The molecule has 0 aliphatic carbocycles. The van der Waals surface area contributed by atoms with Crippen molar-refractivity contribution in [2.24, 2.45) is 0 Å². The van der Waals surface area contributed by atoms with Crippen LogP contribution < -0.4 is 9.64 Å². The molecule has 0 amide bonds. The maximum Gasteiger partial charge on any atom is 0.239 e. The maximum absolute atomic E-state index is 13.1. The van der Waals surface area contributed by atoms with Crippen molar-refractivity contribution in [1.82, 2.24) is 20.4 Å². The molecular weight excluding hydrogens is 646 g/mol. The third-order valence-electron chi connectivity index (χ3n) is 7.48. The molecule has 0 unspecified atom stereocenters. The quantitative estimate of drug-likeness (QED) is 0.0634. The molecule has 12 nitrogen and oxygen atoms in total. The van der Waals surface area contributed by atoms with Gasteiger partial charge in [0.25, 0.3) is 0 Å². The molecule has 0 N–H and O–H groups in total. The zero-order chi connectivity index (χ0) is 34.9. The van der Waals surface area contributed by atoms with E-state index < -0.39 is 9.84 Å². The minimum absolute atomic E-state index is 0.0148. The van der Waals surface area contributed by atoms with E-state index in [4.69, 9.17) is 25.4 Å². The van der Waals surface area contributed by atoms with E-state index in [1.165, 1.54) is 0 Å². The van der Waals surface area contributed by atoms with Crippen molar-refractivity contribution in [3.8, 4) is 29.5 Å². The van der Waals surface area contributed by atoms with E-state index in [-0.39, 0.29) is 30.4 Å². The molecule has 4 aromatic rings. The van der Waals surface area contributed by atoms with E-state index in [0.717, 1.165) is 16.5 Å². The van der Waals surface area contributed by atoms with E-state index in [0.29, 0.717) is 87.4 Å². The number of anilines is 1. The smallest absolute Gasteiger partial charge is 0.239 e. The summed E-state index contributed by atoms with van der Waals surface area (Å²) in [5, 5.41) is 17.6. The topological polar surface area (TPSA) is 143 Å². The van der Waals surface area contributed by atoms with Crippen LogP contribution in [0.15, 0.2) is 65.6 Å². The monoisotopic (exact) mass is 689 g/mol. The van der Waals surface area contributed by atoms with Gasteiger partial charge in [0, 0.05) is 55.8 Å². The van der Waals surface area contributed by atoms with Gasteiger partial charge in [-0.2, -0.15) is 0 Å². The van der Waals surface area contributed by atoms with Crippen LogP contribution in [0.1, 0.15) is 42.7 Å². The summed E-state index contributed by atoms with van der Waals surface area (Å²) in [6.45, 7) is 2.86. The maximum atomic E-state index is 13.1. The highest BCUT2D eigenvalue weighted by Gasteiger charge is 2.18. The first kappa shape index (κ1) is 37.3. The van der Waals surface area contributed by atoms with Gasteiger partial charge < -0.3 is 23.8 Å². The number of ether oxygens (including phenoxy) is 4. The second-order valence-corrected chi connectivity index (χ2v) is 13.4. The first-order valence-corrected chi connectivity index (χ1v) is 17.9. The Hall–Kier alpha value is -4.48. The molecule has 3 aromatic carbocycles. The highest BCUT2D eigenvalue weighted by Crippen LogP contribution is 2.31. The van der Waals surface area contributed by atoms with Crippen molar-refractivity contribution in [2.45, 2.75) is 37.0 Å². The first-order valence-electron chi connectivity index (χ1n) is 16.2. The van der Waals surface area contributed by atoms with Gasteiger partial charge in [-0.15, -0.1) is 26.8 Å². The van der Waals surface area contributed by atoms with Gasteiger partial charge in [0.2, 0.25) is 17.4 Å². The second-order valence-electron chi connectivity index (χ2n) is 11.3. The predicted molar refractivity (Wildman–Crippen MR) is 188 cm³/mol. The van der Waals surface area contributed by atoms with Gasteiger partial charge in [0.1, 0.15) is 12.4 Å². The van der Waals surface area contributed by atoms with Gasteiger partial charge in [-0.25, -0.2) is 8.42 Å². The number of hydrogen-bond acceptors (Lipinski definition) is 12. The number of rotatable bonds is 22. The van der Waals surface area contributed by atoms with Gasteiger partial charge in [-0.1, -0.05) is 30.2 Å². The fourth-order valence-corrected chi connectivity index (χ4v) is 6.56. The summed E-state index contributed by atoms with van der Waals surface area (Å²) in [7, 11) is 0.470. The van der Waals surface area contributed by atoms with E-state index in [1.807, 2.05) is 43.3 Å². The number of hydrogen-bond donors (Lipinski definition) is 0. The lowest BCUT2D eigenvalue weighted by Crippen LogP contribution is -2.12. The Morgan fingerprint density at radius 2 is 1.37 bits per heavy atom. The van der Waals surface area contributed by atoms with Crippen LogP contribution in [0.2, 0.25) is 0 Å². The summed E-state index contributed by atoms with van der Waals surface area (Å²) < 4.78 is 48.3. The molecule has 4 rings (SSSR count). The Morgan fingerprint density at radius 1 is 0.755 bits per heavy atom. The molecule has 0 saturated carbocycles. The van der Waals surface area contributed by atoms with Crippen LogP contribution in [0.3, 0.4) is 0 Å². The molecule has 49 heavy (non-hydrogen) atoms. The molecule has 0 fully saturated rings. The van der Waals surface area contributed by atoms with Crippen molar-refractivity contribution >= 4 is 32.1 Å². The number of terminal acetylenes is 1. The Labute approximate surface area is 288 Å². The minimum Gasteiger partial charge on any atom is -0.481 e. The van der Waals surface area contributed by atoms with Gasteiger partial charge in [0.15, 0.2) is 9.84 Å². The Bertz CT molecular complexity index is 1780. The molecule has 0 atom stereocenters. The van der Waals surface area contributed by atoms with Crippen LogP contribution >= 0.6 is 0 Å². The van der Waals surface area contributed by atoms with Gasteiger partial charge in [0.05, 0.1) is 37.1 Å². The SMILES string of the molecule is C#CCOc1ccc(-c2nnc(C(=O)CCCCOCCOCCOCCCCS(=O)(=O)c3cccc4c(N(C)C)cccc34)nn2)cc1. The lowest BCUT2D eigenvalue weighted by atomic mass is 10.1. The number of carbonyl (C=O) groups excluding carboxylic acids is 1.